The van der Waals surface area contributed by atoms with Crippen molar-refractivity contribution in [1.82, 2.24) is 0 Å². The van der Waals surface area contributed by atoms with Crippen molar-refractivity contribution in [3.05, 3.63) is 11.6 Å². The van der Waals surface area contributed by atoms with Gasteiger partial charge in [-0.15, -0.1) is 0 Å². The van der Waals surface area contributed by atoms with E-state index in [9.17, 15) is 10.1 Å². The first-order valence-electron chi connectivity index (χ1n) is 6.24. The lowest BCUT2D eigenvalue weighted by molar-refractivity contribution is -0.113. The minimum Gasteiger partial charge on any atom is -0.367 e. The summed E-state index contributed by atoms with van der Waals surface area (Å²) in [5.74, 6) is 0.912. The van der Waals surface area contributed by atoms with E-state index >= 15 is 0 Å². The molecule has 4 unspecified atom stereocenters. The van der Waals surface area contributed by atoms with Gasteiger partial charge in [-0.05, 0) is 50.2 Å². The van der Waals surface area contributed by atoms with Crippen LogP contribution in [-0.4, -0.2) is 17.5 Å². The van der Waals surface area contributed by atoms with Crippen LogP contribution in [0.3, 0.4) is 0 Å². The van der Waals surface area contributed by atoms with Crippen molar-refractivity contribution in [3.8, 4) is 6.07 Å². The third kappa shape index (κ3) is 1.17. The van der Waals surface area contributed by atoms with Crippen molar-refractivity contribution in [2.24, 2.45) is 17.3 Å². The second-order valence-electron chi connectivity index (χ2n) is 6.10. The highest BCUT2D eigenvalue weighted by Gasteiger charge is 2.68. The summed E-state index contributed by atoms with van der Waals surface area (Å²) in [5, 5.41) is 9.53. The number of rotatable bonds is 1. The van der Waals surface area contributed by atoms with E-state index in [2.05, 4.69) is 19.9 Å². The van der Waals surface area contributed by atoms with Crippen LogP contribution in [0.15, 0.2) is 11.6 Å². The normalized spacial score (nSPS) is 53.1. The van der Waals surface area contributed by atoms with Crippen molar-refractivity contribution in [2.75, 3.05) is 0 Å². The van der Waals surface area contributed by atoms with Gasteiger partial charge >= 0.3 is 0 Å². The van der Waals surface area contributed by atoms with Crippen LogP contribution < -0.4 is 0 Å². The minimum atomic E-state index is -0.430. The zero-order valence-corrected chi connectivity index (χ0v) is 10.5. The molecule has 0 radical (unpaired) electrons. The SMILES string of the molecule is CC(=O)/C=C1\C2OC3(C)CC1(C#N)CC3[C@@H]2C. The minimum absolute atomic E-state index is 0.0175. The van der Waals surface area contributed by atoms with Crippen LogP contribution in [0.1, 0.15) is 33.6 Å². The zero-order valence-electron chi connectivity index (χ0n) is 10.5. The molecule has 90 valence electrons. The van der Waals surface area contributed by atoms with Gasteiger partial charge in [0, 0.05) is 0 Å². The van der Waals surface area contributed by atoms with Crippen LogP contribution >= 0.6 is 0 Å². The first kappa shape index (κ1) is 11.0. The van der Waals surface area contributed by atoms with Crippen LogP contribution in [-0.2, 0) is 9.53 Å². The maximum atomic E-state index is 11.4. The van der Waals surface area contributed by atoms with Crippen LogP contribution in [0.2, 0.25) is 0 Å². The van der Waals surface area contributed by atoms with Crippen LogP contribution in [0.5, 0.6) is 0 Å². The molecule has 5 atom stereocenters. The van der Waals surface area contributed by atoms with Gasteiger partial charge in [-0.25, -0.2) is 0 Å². The molecule has 0 spiro atoms. The van der Waals surface area contributed by atoms with Crippen molar-refractivity contribution in [2.45, 2.75) is 45.3 Å². The highest BCUT2D eigenvalue weighted by atomic mass is 16.5. The van der Waals surface area contributed by atoms with E-state index in [1.807, 2.05) is 0 Å². The van der Waals surface area contributed by atoms with E-state index in [1.165, 1.54) is 0 Å². The molecule has 3 nitrogen and oxygen atoms in total. The van der Waals surface area contributed by atoms with E-state index in [0.717, 1.165) is 18.4 Å². The van der Waals surface area contributed by atoms with E-state index in [1.54, 1.807) is 13.0 Å². The van der Waals surface area contributed by atoms with Gasteiger partial charge < -0.3 is 4.74 Å². The standard InChI is InChI=1S/C14H17NO2/c1-8(16)4-10-12-9(2)11-5-14(10,7-15)6-13(11,3)17-12/h4,9,11-12H,5-6H2,1-3H3/b10-4+/t9-,11?,12?,13?,14?/m0/s1. The van der Waals surface area contributed by atoms with Gasteiger partial charge in [0.25, 0.3) is 0 Å². The molecule has 0 N–H and O–H groups in total. The van der Waals surface area contributed by atoms with Gasteiger partial charge in [-0.2, -0.15) is 5.26 Å². The highest BCUT2D eigenvalue weighted by Crippen LogP contribution is 2.67. The molecule has 2 aliphatic carbocycles. The quantitative estimate of drug-likeness (QED) is 0.650. The Hall–Kier alpha value is -1.14. The third-order valence-corrected chi connectivity index (χ3v) is 4.95. The van der Waals surface area contributed by atoms with Gasteiger partial charge in [-0.1, -0.05) is 6.92 Å². The second-order valence-corrected chi connectivity index (χ2v) is 6.10. The second kappa shape index (κ2) is 3.00. The van der Waals surface area contributed by atoms with Crippen LogP contribution in [0.25, 0.3) is 0 Å². The van der Waals surface area contributed by atoms with Crippen LogP contribution in [0, 0.1) is 28.6 Å². The van der Waals surface area contributed by atoms with Gasteiger partial charge in [0.05, 0.1) is 23.2 Å². The molecular formula is C14H17NO2. The van der Waals surface area contributed by atoms with E-state index in [0.29, 0.717) is 11.8 Å². The van der Waals surface area contributed by atoms with Gasteiger partial charge in [0.2, 0.25) is 0 Å². The molecule has 2 saturated heterocycles. The predicted octanol–water partition coefficient (Wildman–Crippen LogP) is 2.23. The lowest BCUT2D eigenvalue weighted by Crippen LogP contribution is -2.40. The molecule has 0 aromatic carbocycles. The molecule has 2 aliphatic heterocycles. The summed E-state index contributed by atoms with van der Waals surface area (Å²) in [6.45, 7) is 5.85. The number of nitriles is 1. The summed E-state index contributed by atoms with van der Waals surface area (Å²) in [5.41, 5.74) is 0.361. The van der Waals surface area contributed by atoms with Crippen LogP contribution in [0.4, 0.5) is 0 Å². The molecule has 4 rings (SSSR count). The molecule has 4 bridgehead atoms. The molecule has 0 amide bonds. The first-order valence-corrected chi connectivity index (χ1v) is 6.24. The number of allylic oxidation sites excluding steroid dienone is 1. The summed E-state index contributed by atoms with van der Waals surface area (Å²) in [4.78, 5) is 11.4. The topological polar surface area (TPSA) is 50.1 Å². The van der Waals surface area contributed by atoms with Crippen molar-refractivity contribution in [1.29, 1.82) is 5.26 Å². The Morgan fingerprint density at radius 3 is 2.88 bits per heavy atom. The summed E-state index contributed by atoms with van der Waals surface area (Å²) < 4.78 is 6.12. The Labute approximate surface area is 101 Å². The molecular weight excluding hydrogens is 214 g/mol. The number of nitrogens with zero attached hydrogens (tertiary/aromatic N) is 1. The zero-order chi connectivity index (χ0) is 12.4. The number of hydrogen-bond acceptors (Lipinski definition) is 3. The Morgan fingerprint density at radius 1 is 1.65 bits per heavy atom. The lowest BCUT2D eigenvalue weighted by Gasteiger charge is -2.39. The smallest absolute Gasteiger partial charge is 0.152 e. The van der Waals surface area contributed by atoms with Crippen molar-refractivity contribution >= 4 is 5.78 Å². The maximum absolute atomic E-state index is 11.4. The maximum Gasteiger partial charge on any atom is 0.152 e. The van der Waals surface area contributed by atoms with Gasteiger partial charge in [0.15, 0.2) is 5.78 Å². The summed E-state index contributed by atoms with van der Waals surface area (Å²) in [7, 11) is 0. The molecule has 2 saturated carbocycles. The average molecular weight is 231 g/mol. The Bertz CT molecular complexity index is 475. The Morgan fingerprint density at radius 2 is 2.35 bits per heavy atom. The monoisotopic (exact) mass is 231 g/mol. The van der Waals surface area contributed by atoms with Gasteiger partial charge in [-0.3, -0.25) is 4.79 Å². The van der Waals surface area contributed by atoms with Gasteiger partial charge in [0.1, 0.15) is 0 Å². The molecule has 4 fully saturated rings. The van der Waals surface area contributed by atoms with Crippen molar-refractivity contribution in [3.63, 3.8) is 0 Å². The Balaban J connectivity index is 2.14. The summed E-state index contributed by atoms with van der Waals surface area (Å²) >= 11 is 0. The van der Waals surface area contributed by atoms with E-state index in [4.69, 9.17) is 4.74 Å². The molecule has 0 aromatic heterocycles. The number of ether oxygens (including phenoxy) is 1. The molecule has 0 aromatic rings. The van der Waals surface area contributed by atoms with Crippen molar-refractivity contribution < 1.29 is 9.53 Å². The largest absolute Gasteiger partial charge is 0.367 e. The third-order valence-electron chi connectivity index (χ3n) is 4.95. The Kier molecular flexibility index (Phi) is 1.94. The lowest BCUT2D eigenvalue weighted by atomic mass is 9.67. The molecule has 4 aliphatic rings. The van der Waals surface area contributed by atoms with E-state index in [-0.39, 0.29) is 17.5 Å². The summed E-state index contributed by atoms with van der Waals surface area (Å²) in [6, 6.07) is 2.47. The number of ketones is 1. The summed E-state index contributed by atoms with van der Waals surface area (Å²) in [6.07, 6.45) is 3.24. The number of hydrogen-bond donors (Lipinski definition) is 0. The predicted molar refractivity (Wildman–Crippen MR) is 62.0 cm³/mol. The average Bonchev–Trinajstić information content (AvgIpc) is 2.61. The fourth-order valence-electron chi connectivity index (χ4n) is 4.30. The molecule has 2 heterocycles. The fraction of sp³-hybridized carbons (Fsp3) is 0.714. The number of carbonyl (C=O) groups is 1. The number of carbonyl (C=O) groups excluding carboxylic acids is 1. The van der Waals surface area contributed by atoms with E-state index < -0.39 is 5.41 Å². The first-order chi connectivity index (χ1) is 7.92. The molecule has 17 heavy (non-hydrogen) atoms. The molecule has 3 heteroatoms. The fourth-order valence-corrected chi connectivity index (χ4v) is 4.30. The highest BCUT2D eigenvalue weighted by molar-refractivity contribution is 5.88.